The van der Waals surface area contributed by atoms with Gasteiger partial charge in [-0.25, -0.2) is 8.42 Å². The van der Waals surface area contributed by atoms with Crippen LogP contribution in [0.25, 0.3) is 0 Å². The summed E-state index contributed by atoms with van der Waals surface area (Å²) in [6.07, 6.45) is 4.55. The third-order valence-corrected chi connectivity index (χ3v) is 6.60. The van der Waals surface area contributed by atoms with Crippen molar-refractivity contribution in [2.75, 3.05) is 26.2 Å². The summed E-state index contributed by atoms with van der Waals surface area (Å²) in [4.78, 5) is 14.2. The van der Waals surface area contributed by atoms with Gasteiger partial charge in [-0.3, -0.25) is 9.69 Å². The Hall–Kier alpha value is -1.38. The van der Waals surface area contributed by atoms with Crippen molar-refractivity contribution in [1.82, 2.24) is 9.21 Å². The second kappa shape index (κ2) is 7.88. The summed E-state index contributed by atoms with van der Waals surface area (Å²) in [6, 6.07) is 2.93. The predicted molar refractivity (Wildman–Crippen MR) is 91.4 cm³/mol. The highest BCUT2D eigenvalue weighted by molar-refractivity contribution is 7.89. The van der Waals surface area contributed by atoms with E-state index in [4.69, 9.17) is 9.15 Å². The number of nitrogens with zero attached hydrogens (tertiary/aromatic N) is 2. The number of hydrogen-bond acceptors (Lipinski definition) is 6. The van der Waals surface area contributed by atoms with Gasteiger partial charge in [-0.15, -0.1) is 0 Å². The first-order valence-corrected chi connectivity index (χ1v) is 10.5. The van der Waals surface area contributed by atoms with Crippen LogP contribution in [-0.4, -0.2) is 55.9 Å². The molecule has 1 atom stereocenters. The van der Waals surface area contributed by atoms with E-state index in [-0.39, 0.29) is 17.1 Å². The van der Waals surface area contributed by atoms with E-state index in [0.717, 1.165) is 38.6 Å². The van der Waals surface area contributed by atoms with Crippen LogP contribution < -0.4 is 0 Å². The normalized spacial score (nSPS) is 23.0. The van der Waals surface area contributed by atoms with Crippen LogP contribution in [-0.2, 0) is 26.1 Å². The van der Waals surface area contributed by atoms with Gasteiger partial charge >= 0.3 is 5.97 Å². The van der Waals surface area contributed by atoms with Crippen molar-refractivity contribution in [1.29, 1.82) is 0 Å². The fraction of sp³-hybridized carbons (Fsp3) is 0.706. The van der Waals surface area contributed by atoms with Crippen LogP contribution in [0.15, 0.2) is 21.6 Å². The molecule has 0 amide bonds. The van der Waals surface area contributed by atoms with Gasteiger partial charge in [0.25, 0.3) is 10.0 Å². The van der Waals surface area contributed by atoms with Crippen molar-refractivity contribution >= 4 is 16.0 Å². The maximum atomic E-state index is 12.5. The molecule has 7 nitrogen and oxygen atoms in total. The summed E-state index contributed by atoms with van der Waals surface area (Å²) in [5.74, 6) is 0.354. The Kier molecular flexibility index (Phi) is 5.81. The van der Waals surface area contributed by atoms with Crippen molar-refractivity contribution < 1.29 is 22.4 Å². The van der Waals surface area contributed by atoms with Crippen LogP contribution in [0.4, 0.5) is 0 Å². The molecule has 0 bridgehead atoms. The molecule has 3 heterocycles. The molecular weight excluding hydrogens is 344 g/mol. The fourth-order valence-corrected chi connectivity index (χ4v) is 4.97. The smallest absolute Gasteiger partial charge is 0.323 e. The van der Waals surface area contributed by atoms with Crippen molar-refractivity contribution in [2.24, 2.45) is 0 Å². The Labute approximate surface area is 149 Å². The second-order valence-corrected chi connectivity index (χ2v) is 8.43. The van der Waals surface area contributed by atoms with Crippen LogP contribution in [0.2, 0.25) is 0 Å². The number of hydrogen-bond donors (Lipinski definition) is 0. The summed E-state index contributed by atoms with van der Waals surface area (Å²) >= 11 is 0. The Morgan fingerprint density at radius 3 is 2.64 bits per heavy atom. The van der Waals surface area contributed by atoms with Gasteiger partial charge in [0.05, 0.1) is 13.2 Å². The van der Waals surface area contributed by atoms with Gasteiger partial charge in [0.2, 0.25) is 5.09 Å². The highest BCUT2D eigenvalue weighted by Crippen LogP contribution is 2.25. The third-order valence-electron chi connectivity index (χ3n) is 4.83. The molecule has 2 aliphatic heterocycles. The highest BCUT2D eigenvalue weighted by Gasteiger charge is 2.32. The van der Waals surface area contributed by atoms with Gasteiger partial charge in [0.15, 0.2) is 0 Å². The van der Waals surface area contributed by atoms with E-state index >= 15 is 0 Å². The van der Waals surface area contributed by atoms with E-state index in [1.807, 2.05) is 4.90 Å². The molecule has 1 unspecified atom stereocenters. The topological polar surface area (TPSA) is 80.1 Å². The predicted octanol–water partition coefficient (Wildman–Crippen LogP) is 1.98. The third kappa shape index (κ3) is 4.07. The lowest BCUT2D eigenvalue weighted by Crippen LogP contribution is -2.44. The van der Waals surface area contributed by atoms with Crippen LogP contribution in [0.5, 0.6) is 0 Å². The Bertz CT molecular complexity index is 694. The Morgan fingerprint density at radius 1 is 1.20 bits per heavy atom. The van der Waals surface area contributed by atoms with Gasteiger partial charge in [-0.2, -0.15) is 4.31 Å². The van der Waals surface area contributed by atoms with Crippen molar-refractivity contribution in [2.45, 2.75) is 56.7 Å². The molecule has 140 valence electrons. The maximum Gasteiger partial charge on any atom is 0.323 e. The van der Waals surface area contributed by atoms with E-state index in [1.165, 1.54) is 10.4 Å². The van der Waals surface area contributed by atoms with Crippen LogP contribution in [0.3, 0.4) is 0 Å². The van der Waals surface area contributed by atoms with Gasteiger partial charge in [-0.05, 0) is 51.3 Å². The first-order chi connectivity index (χ1) is 12.0. The maximum absolute atomic E-state index is 12.5. The fourth-order valence-electron chi connectivity index (χ4n) is 3.52. The average molecular weight is 370 g/mol. The van der Waals surface area contributed by atoms with E-state index in [0.29, 0.717) is 32.0 Å². The quantitative estimate of drug-likeness (QED) is 0.713. The van der Waals surface area contributed by atoms with Crippen LogP contribution in [0.1, 0.15) is 44.8 Å². The van der Waals surface area contributed by atoms with Crippen LogP contribution in [0, 0.1) is 0 Å². The molecule has 0 N–H and O–H groups in total. The minimum atomic E-state index is -3.54. The van der Waals surface area contributed by atoms with Crippen molar-refractivity contribution in [3.05, 3.63) is 17.9 Å². The lowest BCUT2D eigenvalue weighted by atomic mass is 10.0. The molecule has 1 aromatic heterocycles. The number of sulfonamides is 1. The number of likely N-dealkylation sites (tertiary alicyclic amines) is 1. The Balaban J connectivity index is 1.70. The van der Waals surface area contributed by atoms with Crippen LogP contribution >= 0.6 is 0 Å². The summed E-state index contributed by atoms with van der Waals surface area (Å²) in [5.41, 5.74) is 0. The minimum absolute atomic E-state index is 0.00547. The van der Waals surface area contributed by atoms with Gasteiger partial charge in [0, 0.05) is 13.1 Å². The SMILES string of the molecule is CCOC(=O)C1CCCCN1Cc1ccc(S(=O)(=O)N2CCCC2)o1. The molecule has 2 saturated heterocycles. The zero-order valence-corrected chi connectivity index (χ0v) is 15.5. The number of rotatable bonds is 6. The van der Waals surface area contributed by atoms with Gasteiger partial charge in [-0.1, -0.05) is 6.42 Å². The molecule has 3 rings (SSSR count). The van der Waals surface area contributed by atoms with Gasteiger partial charge in [0.1, 0.15) is 11.8 Å². The minimum Gasteiger partial charge on any atom is -0.465 e. The molecular formula is C17H26N2O5S. The molecule has 0 radical (unpaired) electrons. The average Bonchev–Trinajstić information content (AvgIpc) is 3.28. The van der Waals surface area contributed by atoms with Gasteiger partial charge < -0.3 is 9.15 Å². The molecule has 2 aliphatic rings. The largest absolute Gasteiger partial charge is 0.465 e. The number of esters is 1. The first kappa shape index (κ1) is 18.4. The second-order valence-electron chi connectivity index (χ2n) is 6.57. The number of ether oxygens (including phenoxy) is 1. The molecule has 0 spiro atoms. The molecule has 25 heavy (non-hydrogen) atoms. The molecule has 0 saturated carbocycles. The highest BCUT2D eigenvalue weighted by atomic mass is 32.2. The van der Waals surface area contributed by atoms with Crippen molar-refractivity contribution in [3.8, 4) is 0 Å². The number of carbonyl (C=O) groups excluding carboxylic acids is 1. The molecule has 0 aliphatic carbocycles. The zero-order chi connectivity index (χ0) is 17.9. The zero-order valence-electron chi connectivity index (χ0n) is 14.6. The monoisotopic (exact) mass is 370 g/mol. The number of carbonyl (C=O) groups is 1. The molecule has 2 fully saturated rings. The summed E-state index contributed by atoms with van der Waals surface area (Å²) in [6.45, 7) is 4.46. The van der Waals surface area contributed by atoms with E-state index < -0.39 is 10.0 Å². The van der Waals surface area contributed by atoms with E-state index in [1.54, 1.807) is 13.0 Å². The summed E-state index contributed by atoms with van der Waals surface area (Å²) in [7, 11) is -3.54. The molecule has 1 aromatic rings. The number of furan rings is 1. The lowest BCUT2D eigenvalue weighted by Gasteiger charge is -2.33. The molecule has 0 aromatic carbocycles. The van der Waals surface area contributed by atoms with E-state index in [9.17, 15) is 13.2 Å². The van der Waals surface area contributed by atoms with E-state index in [2.05, 4.69) is 0 Å². The summed E-state index contributed by atoms with van der Waals surface area (Å²) < 4.78 is 37.3. The molecule has 8 heteroatoms. The summed E-state index contributed by atoms with van der Waals surface area (Å²) in [5, 5.41) is -0.00547. The standard InChI is InChI=1S/C17H26N2O5S/c1-2-23-17(20)15-7-3-4-10-18(15)13-14-8-9-16(24-14)25(21,22)19-11-5-6-12-19/h8-9,15H,2-7,10-13H2,1H3. The van der Waals surface area contributed by atoms with Crippen molar-refractivity contribution in [3.63, 3.8) is 0 Å². The Morgan fingerprint density at radius 2 is 1.92 bits per heavy atom. The first-order valence-electron chi connectivity index (χ1n) is 9.02. The lowest BCUT2D eigenvalue weighted by molar-refractivity contribution is -0.151. The number of piperidine rings is 1.